The van der Waals surface area contributed by atoms with Crippen LogP contribution in [-0.2, 0) is 4.79 Å². The fourth-order valence-electron chi connectivity index (χ4n) is 2.67. The summed E-state index contributed by atoms with van der Waals surface area (Å²) in [5, 5.41) is 0. The molecule has 0 spiro atoms. The second kappa shape index (κ2) is 5.57. The van der Waals surface area contributed by atoms with E-state index in [9.17, 15) is 4.79 Å². The van der Waals surface area contributed by atoms with Crippen LogP contribution in [0.5, 0.6) is 0 Å². The Morgan fingerprint density at radius 3 is 2.17 bits per heavy atom. The van der Waals surface area contributed by atoms with Crippen molar-refractivity contribution in [2.45, 2.75) is 45.1 Å². The number of rotatable bonds is 5. The smallest absolute Gasteiger partial charge is 0.242 e. The van der Waals surface area contributed by atoms with Crippen LogP contribution in [0.25, 0.3) is 0 Å². The van der Waals surface area contributed by atoms with Crippen molar-refractivity contribution in [2.24, 2.45) is 11.7 Å². The van der Waals surface area contributed by atoms with Crippen LogP contribution >= 0.6 is 0 Å². The molecule has 18 heavy (non-hydrogen) atoms. The van der Waals surface area contributed by atoms with Crippen LogP contribution in [0, 0.1) is 5.92 Å². The van der Waals surface area contributed by atoms with E-state index < -0.39 is 5.54 Å². The molecule has 4 heteroatoms. The van der Waals surface area contributed by atoms with Crippen molar-refractivity contribution in [2.75, 3.05) is 32.7 Å². The molecule has 1 saturated heterocycles. The number of carbonyl (C=O) groups excluding carboxylic acids is 1. The van der Waals surface area contributed by atoms with E-state index in [1.54, 1.807) is 0 Å². The summed E-state index contributed by atoms with van der Waals surface area (Å²) in [5.74, 6) is 1.09. The van der Waals surface area contributed by atoms with E-state index in [2.05, 4.69) is 4.90 Å². The van der Waals surface area contributed by atoms with Crippen LogP contribution in [0.1, 0.15) is 39.5 Å². The lowest BCUT2D eigenvalue weighted by molar-refractivity contribution is -0.139. The molecule has 0 aromatic rings. The molecular weight excluding hydrogens is 226 g/mol. The minimum absolute atomic E-state index is 0.151. The summed E-state index contributed by atoms with van der Waals surface area (Å²) in [4.78, 5) is 16.9. The summed E-state index contributed by atoms with van der Waals surface area (Å²) in [6.07, 6.45) is 4.25. The van der Waals surface area contributed by atoms with E-state index in [4.69, 9.17) is 5.73 Å². The third-order valence-corrected chi connectivity index (χ3v) is 4.56. The molecule has 2 aliphatic rings. The molecule has 104 valence electrons. The molecule has 1 heterocycles. The molecule has 0 aromatic heterocycles. The third kappa shape index (κ3) is 3.04. The lowest BCUT2D eigenvalue weighted by atomic mass is 9.92. The average molecular weight is 253 g/mol. The van der Waals surface area contributed by atoms with Gasteiger partial charge in [-0.3, -0.25) is 9.69 Å². The maximum absolute atomic E-state index is 12.4. The summed E-state index contributed by atoms with van der Waals surface area (Å²) in [6.45, 7) is 8.99. The number of carbonyl (C=O) groups is 1. The van der Waals surface area contributed by atoms with Gasteiger partial charge in [-0.15, -0.1) is 0 Å². The Hall–Kier alpha value is -0.610. The molecule has 1 aliphatic heterocycles. The maximum Gasteiger partial charge on any atom is 0.242 e. The molecular formula is C14H27N3O. The molecule has 1 saturated carbocycles. The molecule has 0 aromatic carbocycles. The topological polar surface area (TPSA) is 49.6 Å². The number of nitrogens with two attached hydrogens (primary N) is 1. The molecule has 0 bridgehead atoms. The minimum Gasteiger partial charge on any atom is -0.339 e. The SMILES string of the molecule is CCC(N)(CC)C(=O)N1CCN(CC2CC2)CC1. The zero-order valence-electron chi connectivity index (χ0n) is 11.8. The predicted molar refractivity (Wildman–Crippen MR) is 73.2 cm³/mol. The first kappa shape index (κ1) is 13.8. The van der Waals surface area contributed by atoms with Crippen molar-refractivity contribution in [3.8, 4) is 0 Å². The normalized spacial score (nSPS) is 22.3. The third-order valence-electron chi connectivity index (χ3n) is 4.56. The van der Waals surface area contributed by atoms with Crippen molar-refractivity contribution in [3.63, 3.8) is 0 Å². The van der Waals surface area contributed by atoms with E-state index in [1.165, 1.54) is 19.4 Å². The second-order valence-corrected chi connectivity index (χ2v) is 5.90. The van der Waals surface area contributed by atoms with E-state index >= 15 is 0 Å². The van der Waals surface area contributed by atoms with Crippen LogP contribution in [0.15, 0.2) is 0 Å². The van der Waals surface area contributed by atoms with Gasteiger partial charge >= 0.3 is 0 Å². The standard InChI is InChI=1S/C14H27N3O/c1-3-14(15,4-2)13(18)17-9-7-16(8-10-17)11-12-5-6-12/h12H,3-11,15H2,1-2H3. The number of hydrogen-bond acceptors (Lipinski definition) is 3. The highest BCUT2D eigenvalue weighted by Gasteiger charge is 2.35. The molecule has 1 amide bonds. The van der Waals surface area contributed by atoms with Gasteiger partial charge in [0.1, 0.15) is 0 Å². The summed E-state index contributed by atoms with van der Waals surface area (Å²) in [5.41, 5.74) is 5.55. The Morgan fingerprint density at radius 1 is 1.17 bits per heavy atom. The van der Waals surface area contributed by atoms with Crippen LogP contribution in [0.3, 0.4) is 0 Å². The van der Waals surface area contributed by atoms with Gasteiger partial charge in [0.15, 0.2) is 0 Å². The number of amides is 1. The Bertz CT molecular complexity index is 289. The van der Waals surface area contributed by atoms with Gasteiger partial charge in [-0.2, -0.15) is 0 Å². The Balaban J connectivity index is 1.82. The summed E-state index contributed by atoms with van der Waals surface area (Å²) in [7, 11) is 0. The van der Waals surface area contributed by atoms with E-state index in [0.29, 0.717) is 0 Å². The van der Waals surface area contributed by atoms with E-state index in [-0.39, 0.29) is 5.91 Å². The Morgan fingerprint density at radius 2 is 1.72 bits per heavy atom. The van der Waals surface area contributed by atoms with E-state index in [0.717, 1.165) is 44.9 Å². The first-order chi connectivity index (χ1) is 8.59. The summed E-state index contributed by atoms with van der Waals surface area (Å²) < 4.78 is 0. The Labute approximate surface area is 110 Å². The number of nitrogens with zero attached hydrogens (tertiary/aromatic N) is 2. The molecule has 4 nitrogen and oxygen atoms in total. The van der Waals surface area contributed by atoms with E-state index in [1.807, 2.05) is 18.7 Å². The molecule has 0 radical (unpaired) electrons. The fraction of sp³-hybridized carbons (Fsp3) is 0.929. The monoisotopic (exact) mass is 253 g/mol. The quantitative estimate of drug-likeness (QED) is 0.797. The summed E-state index contributed by atoms with van der Waals surface area (Å²) in [6, 6.07) is 0. The highest BCUT2D eigenvalue weighted by molar-refractivity contribution is 5.86. The predicted octanol–water partition coefficient (Wildman–Crippen LogP) is 1.06. The van der Waals surface area contributed by atoms with Gasteiger partial charge in [-0.05, 0) is 31.6 Å². The van der Waals surface area contributed by atoms with Crippen molar-refractivity contribution in [1.29, 1.82) is 0 Å². The highest BCUT2D eigenvalue weighted by Crippen LogP contribution is 2.30. The first-order valence-electron chi connectivity index (χ1n) is 7.39. The zero-order valence-corrected chi connectivity index (χ0v) is 11.8. The van der Waals surface area contributed by atoms with Crippen molar-refractivity contribution < 1.29 is 4.79 Å². The van der Waals surface area contributed by atoms with Gasteiger partial charge in [-0.1, -0.05) is 13.8 Å². The fourth-order valence-corrected chi connectivity index (χ4v) is 2.67. The van der Waals surface area contributed by atoms with Gasteiger partial charge in [-0.25, -0.2) is 0 Å². The van der Waals surface area contributed by atoms with Crippen LogP contribution in [0.4, 0.5) is 0 Å². The first-order valence-corrected chi connectivity index (χ1v) is 7.39. The molecule has 2 N–H and O–H groups in total. The molecule has 1 aliphatic carbocycles. The van der Waals surface area contributed by atoms with Gasteiger partial charge in [0.05, 0.1) is 5.54 Å². The largest absolute Gasteiger partial charge is 0.339 e. The van der Waals surface area contributed by atoms with Gasteiger partial charge in [0.25, 0.3) is 0 Å². The highest BCUT2D eigenvalue weighted by atomic mass is 16.2. The Kier molecular flexibility index (Phi) is 4.28. The average Bonchev–Trinajstić information content (AvgIpc) is 3.22. The van der Waals surface area contributed by atoms with Crippen molar-refractivity contribution in [1.82, 2.24) is 9.80 Å². The van der Waals surface area contributed by atoms with Gasteiger partial charge in [0, 0.05) is 32.7 Å². The second-order valence-electron chi connectivity index (χ2n) is 5.90. The van der Waals surface area contributed by atoms with Gasteiger partial charge in [0.2, 0.25) is 5.91 Å². The zero-order chi connectivity index (χ0) is 13.2. The van der Waals surface area contributed by atoms with Crippen LogP contribution < -0.4 is 5.73 Å². The van der Waals surface area contributed by atoms with Crippen molar-refractivity contribution >= 4 is 5.91 Å². The van der Waals surface area contributed by atoms with Crippen LogP contribution in [0.2, 0.25) is 0 Å². The number of piperazine rings is 1. The summed E-state index contributed by atoms with van der Waals surface area (Å²) >= 11 is 0. The van der Waals surface area contributed by atoms with Crippen molar-refractivity contribution in [3.05, 3.63) is 0 Å². The van der Waals surface area contributed by atoms with Crippen LogP contribution in [-0.4, -0.2) is 54.0 Å². The lowest BCUT2D eigenvalue weighted by Crippen LogP contribution is -2.59. The lowest BCUT2D eigenvalue weighted by Gasteiger charge is -2.39. The molecule has 2 fully saturated rings. The maximum atomic E-state index is 12.4. The number of hydrogen-bond donors (Lipinski definition) is 1. The molecule has 0 unspecified atom stereocenters. The molecule has 2 rings (SSSR count). The molecule has 0 atom stereocenters. The minimum atomic E-state index is -0.640. The van der Waals surface area contributed by atoms with Gasteiger partial charge < -0.3 is 10.6 Å².